The van der Waals surface area contributed by atoms with Crippen LogP contribution in [0.15, 0.2) is 42.6 Å². The van der Waals surface area contributed by atoms with Gasteiger partial charge in [-0.05, 0) is 43.0 Å². The highest BCUT2D eigenvalue weighted by Crippen LogP contribution is 2.23. The molecule has 0 amide bonds. The zero-order valence-corrected chi connectivity index (χ0v) is 11.1. The van der Waals surface area contributed by atoms with Crippen LogP contribution in [0.3, 0.4) is 0 Å². The van der Waals surface area contributed by atoms with E-state index >= 15 is 0 Å². The number of aryl methyl sites for hydroxylation is 2. The van der Waals surface area contributed by atoms with Crippen molar-refractivity contribution in [2.75, 3.05) is 0 Å². The summed E-state index contributed by atoms with van der Waals surface area (Å²) in [7, 11) is 0. The Morgan fingerprint density at radius 1 is 1.16 bits per heavy atom. The molecule has 1 N–H and O–H groups in total. The monoisotopic (exact) mass is 255 g/mol. The topological polar surface area (TPSA) is 50.2 Å². The van der Waals surface area contributed by atoms with Gasteiger partial charge in [0.15, 0.2) is 0 Å². The summed E-state index contributed by atoms with van der Waals surface area (Å²) in [6.07, 6.45) is 2.12. The summed E-state index contributed by atoms with van der Waals surface area (Å²) < 4.78 is 0. The highest BCUT2D eigenvalue weighted by Gasteiger charge is 2.23. The molecule has 1 aromatic heterocycles. The van der Waals surface area contributed by atoms with E-state index in [9.17, 15) is 9.90 Å². The standard InChI is InChI=1S/C16H17NO2/c1-11-6-3-4-8-13(11)10-14(16(18)19)15-12(2)7-5-9-17-15/h3-9,14H,10H2,1-2H3,(H,18,19). The number of pyridine rings is 1. The van der Waals surface area contributed by atoms with Crippen LogP contribution in [-0.4, -0.2) is 16.1 Å². The SMILES string of the molecule is Cc1ccccc1CC(C(=O)O)c1ncccc1C. The Labute approximate surface area is 112 Å². The Hall–Kier alpha value is -2.16. The molecule has 2 rings (SSSR count). The quantitative estimate of drug-likeness (QED) is 0.913. The van der Waals surface area contributed by atoms with Crippen molar-refractivity contribution in [1.82, 2.24) is 4.98 Å². The molecule has 0 aliphatic rings. The second kappa shape index (κ2) is 5.65. The van der Waals surface area contributed by atoms with Gasteiger partial charge in [-0.15, -0.1) is 0 Å². The fraction of sp³-hybridized carbons (Fsp3) is 0.250. The number of aromatic nitrogens is 1. The largest absolute Gasteiger partial charge is 0.481 e. The van der Waals surface area contributed by atoms with Gasteiger partial charge < -0.3 is 5.11 Å². The van der Waals surface area contributed by atoms with Gasteiger partial charge in [-0.1, -0.05) is 30.3 Å². The maximum atomic E-state index is 11.5. The molecule has 0 aliphatic carbocycles. The van der Waals surface area contributed by atoms with E-state index in [1.165, 1.54) is 0 Å². The number of aliphatic carboxylic acids is 1. The number of hydrogen-bond donors (Lipinski definition) is 1. The second-order valence-electron chi connectivity index (χ2n) is 4.73. The van der Waals surface area contributed by atoms with Crippen molar-refractivity contribution < 1.29 is 9.90 Å². The molecule has 0 bridgehead atoms. The first kappa shape index (κ1) is 13.3. The first-order valence-corrected chi connectivity index (χ1v) is 6.28. The van der Waals surface area contributed by atoms with Gasteiger partial charge in [0, 0.05) is 6.20 Å². The number of benzene rings is 1. The van der Waals surface area contributed by atoms with E-state index < -0.39 is 11.9 Å². The van der Waals surface area contributed by atoms with Gasteiger partial charge >= 0.3 is 5.97 Å². The minimum Gasteiger partial charge on any atom is -0.481 e. The number of carboxylic acids is 1. The fourth-order valence-electron chi connectivity index (χ4n) is 2.22. The lowest BCUT2D eigenvalue weighted by Crippen LogP contribution is -2.17. The van der Waals surface area contributed by atoms with E-state index in [1.807, 2.05) is 50.2 Å². The summed E-state index contributed by atoms with van der Waals surface area (Å²) in [5, 5.41) is 9.46. The van der Waals surface area contributed by atoms with Crippen LogP contribution in [0.4, 0.5) is 0 Å². The van der Waals surface area contributed by atoms with E-state index in [-0.39, 0.29) is 0 Å². The van der Waals surface area contributed by atoms with Crippen LogP contribution in [0.1, 0.15) is 28.3 Å². The van der Waals surface area contributed by atoms with E-state index in [0.717, 1.165) is 16.7 Å². The molecule has 3 heteroatoms. The number of nitrogens with zero attached hydrogens (tertiary/aromatic N) is 1. The Morgan fingerprint density at radius 3 is 2.47 bits per heavy atom. The lowest BCUT2D eigenvalue weighted by molar-refractivity contribution is -0.138. The van der Waals surface area contributed by atoms with Crippen molar-refractivity contribution >= 4 is 5.97 Å². The van der Waals surface area contributed by atoms with E-state index in [0.29, 0.717) is 12.1 Å². The number of carboxylic acid groups (broad SMARTS) is 1. The molecule has 19 heavy (non-hydrogen) atoms. The number of hydrogen-bond acceptors (Lipinski definition) is 2. The van der Waals surface area contributed by atoms with Crippen LogP contribution in [-0.2, 0) is 11.2 Å². The zero-order chi connectivity index (χ0) is 13.8. The van der Waals surface area contributed by atoms with Gasteiger partial charge in [0.1, 0.15) is 5.92 Å². The predicted molar refractivity (Wildman–Crippen MR) is 74.2 cm³/mol. The highest BCUT2D eigenvalue weighted by atomic mass is 16.4. The smallest absolute Gasteiger partial charge is 0.312 e. The van der Waals surface area contributed by atoms with Gasteiger partial charge in [-0.2, -0.15) is 0 Å². The van der Waals surface area contributed by atoms with Crippen molar-refractivity contribution in [2.24, 2.45) is 0 Å². The third-order valence-corrected chi connectivity index (χ3v) is 3.36. The van der Waals surface area contributed by atoms with Crippen LogP contribution in [0.2, 0.25) is 0 Å². The number of carbonyl (C=O) groups is 1. The van der Waals surface area contributed by atoms with Crippen molar-refractivity contribution in [3.63, 3.8) is 0 Å². The van der Waals surface area contributed by atoms with Crippen molar-refractivity contribution in [2.45, 2.75) is 26.2 Å². The summed E-state index contributed by atoms with van der Waals surface area (Å²) >= 11 is 0. The Morgan fingerprint density at radius 2 is 1.84 bits per heavy atom. The third kappa shape index (κ3) is 2.99. The summed E-state index contributed by atoms with van der Waals surface area (Å²) in [5.41, 5.74) is 3.74. The highest BCUT2D eigenvalue weighted by molar-refractivity contribution is 5.76. The summed E-state index contributed by atoms with van der Waals surface area (Å²) in [6, 6.07) is 11.6. The first-order chi connectivity index (χ1) is 9.09. The Kier molecular flexibility index (Phi) is 3.95. The van der Waals surface area contributed by atoms with Crippen LogP contribution in [0.5, 0.6) is 0 Å². The molecule has 2 aromatic rings. The van der Waals surface area contributed by atoms with Crippen molar-refractivity contribution in [1.29, 1.82) is 0 Å². The van der Waals surface area contributed by atoms with Crippen molar-refractivity contribution in [3.8, 4) is 0 Å². The molecule has 0 saturated heterocycles. The molecular weight excluding hydrogens is 238 g/mol. The van der Waals surface area contributed by atoms with Crippen LogP contribution in [0.25, 0.3) is 0 Å². The zero-order valence-electron chi connectivity index (χ0n) is 11.1. The Bertz CT molecular complexity index is 593. The fourth-order valence-corrected chi connectivity index (χ4v) is 2.22. The first-order valence-electron chi connectivity index (χ1n) is 6.28. The molecule has 1 unspecified atom stereocenters. The minimum absolute atomic E-state index is 0.472. The molecule has 0 radical (unpaired) electrons. The minimum atomic E-state index is -0.829. The lowest BCUT2D eigenvalue weighted by atomic mass is 9.91. The third-order valence-electron chi connectivity index (χ3n) is 3.36. The van der Waals surface area contributed by atoms with Crippen LogP contribution in [0, 0.1) is 13.8 Å². The maximum Gasteiger partial charge on any atom is 0.312 e. The van der Waals surface area contributed by atoms with Gasteiger partial charge in [0.05, 0.1) is 5.69 Å². The summed E-state index contributed by atoms with van der Waals surface area (Å²) in [6.45, 7) is 3.90. The van der Waals surface area contributed by atoms with E-state index in [1.54, 1.807) is 6.20 Å². The van der Waals surface area contributed by atoms with Crippen molar-refractivity contribution in [3.05, 3.63) is 65.0 Å². The van der Waals surface area contributed by atoms with E-state index in [2.05, 4.69) is 4.98 Å². The molecule has 0 aliphatic heterocycles. The van der Waals surface area contributed by atoms with Gasteiger partial charge in [0.2, 0.25) is 0 Å². The van der Waals surface area contributed by atoms with Crippen LogP contribution < -0.4 is 0 Å². The molecule has 3 nitrogen and oxygen atoms in total. The Balaban J connectivity index is 2.35. The summed E-state index contributed by atoms with van der Waals surface area (Å²) in [5.74, 6) is -1.42. The van der Waals surface area contributed by atoms with Gasteiger partial charge in [0.25, 0.3) is 0 Å². The molecule has 1 aromatic carbocycles. The predicted octanol–water partition coefficient (Wildman–Crippen LogP) is 3.11. The maximum absolute atomic E-state index is 11.5. The average molecular weight is 255 g/mol. The molecule has 0 spiro atoms. The second-order valence-corrected chi connectivity index (χ2v) is 4.73. The molecule has 0 fully saturated rings. The molecule has 0 saturated carbocycles. The molecular formula is C16H17NO2. The molecule has 98 valence electrons. The van der Waals surface area contributed by atoms with Gasteiger partial charge in [-0.3, -0.25) is 9.78 Å². The van der Waals surface area contributed by atoms with Crippen LogP contribution >= 0.6 is 0 Å². The average Bonchev–Trinajstić information content (AvgIpc) is 2.38. The normalized spacial score (nSPS) is 12.1. The number of rotatable bonds is 4. The van der Waals surface area contributed by atoms with Gasteiger partial charge in [-0.25, -0.2) is 0 Å². The van der Waals surface area contributed by atoms with E-state index in [4.69, 9.17) is 0 Å². The molecule has 1 atom stereocenters. The molecule has 1 heterocycles. The lowest BCUT2D eigenvalue weighted by Gasteiger charge is -2.15. The summed E-state index contributed by atoms with van der Waals surface area (Å²) in [4.78, 5) is 15.8.